The third kappa shape index (κ3) is 5.26. The normalized spacial score (nSPS) is 12.9. The van der Waals surface area contributed by atoms with Gasteiger partial charge in [-0.1, -0.05) is 59.7 Å². The van der Waals surface area contributed by atoms with Gasteiger partial charge in [0.1, 0.15) is 0 Å². The van der Waals surface area contributed by atoms with Crippen LogP contribution in [-0.4, -0.2) is 12.7 Å². The van der Waals surface area contributed by atoms with Crippen LogP contribution < -0.4 is 5.32 Å². The van der Waals surface area contributed by atoms with Crippen molar-refractivity contribution in [3.8, 4) is 0 Å². The molecular weight excluding hydrogens is 286 g/mol. The molecule has 0 spiro atoms. The van der Waals surface area contributed by atoms with Gasteiger partial charge in [0.15, 0.2) is 0 Å². The van der Waals surface area contributed by atoms with Gasteiger partial charge >= 0.3 is 6.09 Å². The Balaban J connectivity index is 3.37. The zero-order chi connectivity index (χ0) is 18.1. The van der Waals surface area contributed by atoms with E-state index in [0.717, 1.165) is 5.56 Å². The van der Waals surface area contributed by atoms with Crippen molar-refractivity contribution in [1.82, 2.24) is 5.32 Å². The highest BCUT2D eigenvalue weighted by Gasteiger charge is 2.28. The quantitative estimate of drug-likeness (QED) is 0.825. The Hall–Kier alpha value is -1.51. The molecule has 1 N–H and O–H groups in total. The van der Waals surface area contributed by atoms with Gasteiger partial charge in [0.05, 0.1) is 12.1 Å². The maximum absolute atomic E-state index is 11.9. The SMILES string of the molecule is CCOC(=O)NC(C)(C)c1cc(C(C)(C)C)cc(C(C)(C)C)c1. The standard InChI is InChI=1S/C20H33NO2/c1-10-23-17(22)21-20(8,9)16-12-14(18(2,3)4)11-15(13-16)19(5,6)7/h11-13H,10H2,1-9H3,(H,21,22). The molecule has 3 nitrogen and oxygen atoms in total. The minimum absolute atomic E-state index is 0.0516. The summed E-state index contributed by atoms with van der Waals surface area (Å²) in [6.07, 6.45) is -0.379. The van der Waals surface area contributed by atoms with Gasteiger partial charge in [-0.25, -0.2) is 4.79 Å². The summed E-state index contributed by atoms with van der Waals surface area (Å²) in [4.78, 5) is 11.9. The van der Waals surface area contributed by atoms with Crippen molar-refractivity contribution in [3.05, 3.63) is 34.9 Å². The Labute approximate surface area is 141 Å². The van der Waals surface area contributed by atoms with E-state index in [4.69, 9.17) is 4.74 Å². The molecule has 0 unspecified atom stereocenters. The molecule has 0 heterocycles. The Kier molecular flexibility index (Phi) is 5.56. The third-order valence-corrected chi connectivity index (χ3v) is 4.08. The predicted octanol–water partition coefficient (Wildman–Crippen LogP) is 5.26. The number of rotatable bonds is 3. The number of ether oxygens (including phenoxy) is 1. The Bertz CT molecular complexity index is 528. The van der Waals surface area contributed by atoms with E-state index in [0.29, 0.717) is 6.61 Å². The molecule has 0 aliphatic carbocycles. The summed E-state index contributed by atoms with van der Waals surface area (Å²) in [6.45, 7) is 19.5. The Morgan fingerprint density at radius 1 is 0.870 bits per heavy atom. The number of carbonyl (C=O) groups is 1. The number of nitrogens with one attached hydrogen (secondary N) is 1. The highest BCUT2D eigenvalue weighted by Crippen LogP contribution is 2.33. The van der Waals surface area contributed by atoms with Crippen LogP contribution in [0.5, 0.6) is 0 Å². The minimum atomic E-state index is -0.493. The number of hydrogen-bond acceptors (Lipinski definition) is 2. The van der Waals surface area contributed by atoms with Crippen molar-refractivity contribution in [3.63, 3.8) is 0 Å². The number of alkyl carbamates (subject to hydrolysis) is 1. The van der Waals surface area contributed by atoms with E-state index >= 15 is 0 Å². The van der Waals surface area contributed by atoms with Crippen LogP contribution in [0, 0.1) is 0 Å². The zero-order valence-electron chi connectivity index (χ0n) is 16.3. The van der Waals surface area contributed by atoms with Crippen molar-refractivity contribution in [2.24, 2.45) is 0 Å². The van der Waals surface area contributed by atoms with Crippen LogP contribution in [-0.2, 0) is 21.1 Å². The van der Waals surface area contributed by atoms with Crippen molar-refractivity contribution >= 4 is 6.09 Å². The molecule has 0 atom stereocenters. The van der Waals surface area contributed by atoms with Gasteiger partial charge in [0.25, 0.3) is 0 Å². The molecule has 1 aromatic rings. The van der Waals surface area contributed by atoms with E-state index in [2.05, 4.69) is 65.1 Å². The summed E-state index contributed by atoms with van der Waals surface area (Å²) in [7, 11) is 0. The van der Waals surface area contributed by atoms with Crippen LogP contribution in [0.3, 0.4) is 0 Å². The van der Waals surface area contributed by atoms with E-state index in [1.54, 1.807) is 0 Å². The molecule has 0 bridgehead atoms. The summed E-state index contributed by atoms with van der Waals surface area (Å²) < 4.78 is 5.04. The first-order valence-corrected chi connectivity index (χ1v) is 8.39. The Morgan fingerprint density at radius 2 is 1.26 bits per heavy atom. The van der Waals surface area contributed by atoms with Crippen LogP contribution in [0.15, 0.2) is 18.2 Å². The van der Waals surface area contributed by atoms with Crippen LogP contribution in [0.25, 0.3) is 0 Å². The molecule has 0 fully saturated rings. The summed E-state index contributed by atoms with van der Waals surface area (Å²) >= 11 is 0. The van der Waals surface area contributed by atoms with Crippen LogP contribution in [0.2, 0.25) is 0 Å². The maximum atomic E-state index is 11.9. The largest absolute Gasteiger partial charge is 0.450 e. The van der Waals surface area contributed by atoms with Gasteiger partial charge < -0.3 is 10.1 Å². The molecular formula is C20H33NO2. The first kappa shape index (κ1) is 19.5. The molecule has 130 valence electrons. The summed E-state index contributed by atoms with van der Waals surface area (Å²) in [5, 5.41) is 2.97. The van der Waals surface area contributed by atoms with Crippen molar-refractivity contribution in [2.45, 2.75) is 78.7 Å². The first-order valence-electron chi connectivity index (χ1n) is 8.39. The molecule has 3 heteroatoms. The van der Waals surface area contributed by atoms with Crippen LogP contribution in [0.1, 0.15) is 79.0 Å². The summed E-state index contributed by atoms with van der Waals surface area (Å²) in [5.74, 6) is 0. The van der Waals surface area contributed by atoms with Crippen molar-refractivity contribution in [1.29, 1.82) is 0 Å². The number of amides is 1. The fourth-order valence-corrected chi connectivity index (χ4v) is 2.35. The van der Waals surface area contributed by atoms with E-state index in [-0.39, 0.29) is 16.9 Å². The predicted molar refractivity (Wildman–Crippen MR) is 97.0 cm³/mol. The molecule has 1 rings (SSSR count). The molecule has 0 aliphatic rings. The third-order valence-electron chi connectivity index (χ3n) is 4.08. The van der Waals surface area contributed by atoms with Crippen LogP contribution >= 0.6 is 0 Å². The lowest BCUT2D eigenvalue weighted by molar-refractivity contribution is 0.141. The average Bonchev–Trinajstić information content (AvgIpc) is 2.35. The van der Waals surface area contributed by atoms with Gasteiger partial charge in [0, 0.05) is 0 Å². The lowest BCUT2D eigenvalue weighted by Gasteiger charge is -2.32. The molecule has 0 aliphatic heterocycles. The lowest BCUT2D eigenvalue weighted by atomic mass is 9.77. The van der Waals surface area contributed by atoms with E-state index in [1.807, 2.05) is 20.8 Å². The molecule has 0 radical (unpaired) electrons. The smallest absolute Gasteiger partial charge is 0.407 e. The highest BCUT2D eigenvalue weighted by molar-refractivity contribution is 5.68. The average molecular weight is 319 g/mol. The second-order valence-corrected chi connectivity index (χ2v) is 8.77. The number of benzene rings is 1. The molecule has 23 heavy (non-hydrogen) atoms. The topological polar surface area (TPSA) is 38.3 Å². The second-order valence-electron chi connectivity index (χ2n) is 8.77. The molecule has 0 aromatic heterocycles. The highest BCUT2D eigenvalue weighted by atomic mass is 16.5. The van der Waals surface area contributed by atoms with Crippen molar-refractivity contribution in [2.75, 3.05) is 6.61 Å². The lowest BCUT2D eigenvalue weighted by Crippen LogP contribution is -2.41. The van der Waals surface area contributed by atoms with E-state index in [9.17, 15) is 4.79 Å². The van der Waals surface area contributed by atoms with Gasteiger partial charge in [-0.3, -0.25) is 0 Å². The molecule has 0 saturated carbocycles. The second kappa shape index (κ2) is 6.54. The molecule has 1 aromatic carbocycles. The van der Waals surface area contributed by atoms with Gasteiger partial charge in [-0.2, -0.15) is 0 Å². The molecule has 1 amide bonds. The van der Waals surface area contributed by atoms with Crippen LogP contribution in [0.4, 0.5) is 4.79 Å². The number of carbonyl (C=O) groups excluding carboxylic acids is 1. The maximum Gasteiger partial charge on any atom is 0.407 e. The zero-order valence-corrected chi connectivity index (χ0v) is 16.3. The minimum Gasteiger partial charge on any atom is -0.450 e. The van der Waals surface area contributed by atoms with E-state index < -0.39 is 5.54 Å². The Morgan fingerprint density at radius 3 is 1.61 bits per heavy atom. The monoisotopic (exact) mass is 319 g/mol. The fraction of sp³-hybridized carbons (Fsp3) is 0.650. The fourth-order valence-electron chi connectivity index (χ4n) is 2.35. The van der Waals surface area contributed by atoms with E-state index in [1.165, 1.54) is 11.1 Å². The summed E-state index contributed by atoms with van der Waals surface area (Å²) in [5.41, 5.74) is 3.26. The van der Waals surface area contributed by atoms with Gasteiger partial charge in [0.2, 0.25) is 0 Å². The van der Waals surface area contributed by atoms with Gasteiger partial charge in [-0.15, -0.1) is 0 Å². The number of hydrogen-bond donors (Lipinski definition) is 1. The van der Waals surface area contributed by atoms with Gasteiger partial charge in [-0.05, 0) is 48.3 Å². The molecule has 0 saturated heterocycles. The first-order chi connectivity index (χ1) is 10.3. The van der Waals surface area contributed by atoms with Crippen molar-refractivity contribution < 1.29 is 9.53 Å². The summed E-state index contributed by atoms with van der Waals surface area (Å²) in [6, 6.07) is 6.67.